The van der Waals surface area contributed by atoms with Gasteiger partial charge in [0, 0.05) is 17.6 Å². The highest BCUT2D eigenvalue weighted by Gasteiger charge is 2.33. The highest BCUT2D eigenvalue weighted by molar-refractivity contribution is 7.91. The van der Waals surface area contributed by atoms with Gasteiger partial charge in [0.25, 0.3) is 0 Å². The van der Waals surface area contributed by atoms with Crippen LogP contribution >= 0.6 is 11.6 Å². The van der Waals surface area contributed by atoms with Gasteiger partial charge in [-0.3, -0.25) is 0 Å². The van der Waals surface area contributed by atoms with E-state index in [1.807, 2.05) is 0 Å². The number of alkyl halides is 3. The van der Waals surface area contributed by atoms with Crippen molar-refractivity contribution >= 4 is 27.5 Å². The van der Waals surface area contributed by atoms with Crippen molar-refractivity contribution in [2.45, 2.75) is 24.9 Å². The smallest absolute Gasteiger partial charge is 0.328 e. The first kappa shape index (κ1) is 19.5. The van der Waals surface area contributed by atoms with Crippen molar-refractivity contribution in [1.82, 2.24) is 9.55 Å². The van der Waals surface area contributed by atoms with E-state index in [0.29, 0.717) is 16.8 Å². The maximum Gasteiger partial charge on any atom is 0.416 e. The van der Waals surface area contributed by atoms with E-state index >= 15 is 0 Å². The molecule has 2 rings (SSSR count). The fraction of sp³-hybridized carbons (Fsp3) is 0.312. The van der Waals surface area contributed by atoms with Gasteiger partial charge < -0.3 is 4.57 Å². The number of allylic oxidation sites excluding steroid dienone is 1. The molecule has 1 aromatic heterocycles. The lowest BCUT2D eigenvalue weighted by Crippen LogP contribution is -2.11. The number of nitrogens with zero attached hydrogens (tertiary/aromatic N) is 2. The molecule has 1 aromatic carbocycles. The highest BCUT2D eigenvalue weighted by atomic mass is 35.5. The van der Waals surface area contributed by atoms with Crippen molar-refractivity contribution in [1.29, 1.82) is 0 Å². The number of benzene rings is 1. The second-order valence-electron chi connectivity index (χ2n) is 5.41. The van der Waals surface area contributed by atoms with E-state index in [-0.39, 0.29) is 17.1 Å². The first-order valence-corrected chi connectivity index (χ1v) is 9.30. The molecule has 4 nitrogen and oxygen atoms in total. The Morgan fingerprint density at radius 3 is 2.52 bits per heavy atom. The molecule has 1 heterocycles. The Kier molecular flexibility index (Phi) is 5.34. The molecule has 0 atom stereocenters. The summed E-state index contributed by atoms with van der Waals surface area (Å²) in [5, 5.41) is 0.489. The maximum atomic E-state index is 13.0. The molecule has 0 saturated carbocycles. The average molecular weight is 393 g/mol. The Labute approximate surface area is 148 Å². The summed E-state index contributed by atoms with van der Waals surface area (Å²) in [5.41, 5.74) is -0.305. The molecule has 0 radical (unpaired) electrons. The summed E-state index contributed by atoms with van der Waals surface area (Å²) in [4.78, 5) is 3.76. The molecule has 0 bridgehead atoms. The zero-order chi connectivity index (χ0) is 19.0. The molecule has 0 amide bonds. The molecule has 0 aliphatic heterocycles. The predicted molar refractivity (Wildman–Crippen MR) is 90.9 cm³/mol. The van der Waals surface area contributed by atoms with Crippen LogP contribution in [-0.4, -0.2) is 23.7 Å². The molecule has 25 heavy (non-hydrogen) atoms. The zero-order valence-corrected chi connectivity index (χ0v) is 15.3. The Hall–Kier alpha value is -1.80. The van der Waals surface area contributed by atoms with E-state index in [4.69, 9.17) is 11.6 Å². The number of sulfone groups is 1. The van der Waals surface area contributed by atoms with Gasteiger partial charge in [0.2, 0.25) is 0 Å². The molecule has 0 spiro atoms. The molecule has 9 heteroatoms. The topological polar surface area (TPSA) is 52.0 Å². The monoisotopic (exact) mass is 392 g/mol. The molecule has 0 unspecified atom stereocenters. The summed E-state index contributed by atoms with van der Waals surface area (Å²) in [6.07, 6.45) is -1.54. The van der Waals surface area contributed by atoms with Crippen LogP contribution < -0.4 is 0 Å². The third-order valence-corrected chi connectivity index (χ3v) is 5.51. The summed E-state index contributed by atoms with van der Waals surface area (Å²) in [7, 11) is -2.25. The van der Waals surface area contributed by atoms with Gasteiger partial charge in [0.05, 0.1) is 28.1 Å². The van der Waals surface area contributed by atoms with Crippen LogP contribution in [0.25, 0.3) is 17.5 Å². The summed E-state index contributed by atoms with van der Waals surface area (Å²) < 4.78 is 65.2. The van der Waals surface area contributed by atoms with Gasteiger partial charge in [0.15, 0.2) is 9.84 Å². The highest BCUT2D eigenvalue weighted by Crippen LogP contribution is 2.35. The van der Waals surface area contributed by atoms with Crippen LogP contribution in [0, 0.1) is 0 Å². The molecular weight excluding hydrogens is 377 g/mol. The Morgan fingerprint density at radius 1 is 1.36 bits per heavy atom. The van der Waals surface area contributed by atoms with Crippen molar-refractivity contribution in [3.63, 3.8) is 0 Å². The van der Waals surface area contributed by atoms with Gasteiger partial charge in [-0.25, -0.2) is 13.4 Å². The lowest BCUT2D eigenvalue weighted by molar-refractivity contribution is -0.137. The SMILES string of the molecule is CCS(=O)(=O)c1cc(C(F)(F)F)ccc1-c1ncc(/C=C(/C)Cl)n1C. The quantitative estimate of drug-likeness (QED) is 0.769. The standard InChI is InChI=1S/C16H16ClF3N2O2S/c1-4-25(23,24)14-8-11(16(18,19)20)5-6-13(14)15-21-9-12(22(15)3)7-10(2)17/h5-9H,4H2,1-3H3/b10-7-. The third kappa shape index (κ3) is 4.07. The zero-order valence-electron chi connectivity index (χ0n) is 13.7. The van der Waals surface area contributed by atoms with E-state index in [0.717, 1.165) is 12.1 Å². The molecule has 0 saturated heterocycles. The van der Waals surface area contributed by atoms with Crippen molar-refractivity contribution in [2.75, 3.05) is 5.75 Å². The van der Waals surface area contributed by atoms with E-state index in [9.17, 15) is 21.6 Å². The molecule has 136 valence electrons. The lowest BCUT2D eigenvalue weighted by atomic mass is 10.1. The van der Waals surface area contributed by atoms with Crippen LogP contribution in [0.3, 0.4) is 0 Å². The second-order valence-corrected chi connectivity index (χ2v) is 8.25. The molecule has 2 aromatic rings. The number of rotatable bonds is 4. The normalized spacial score (nSPS) is 13.3. The Bertz CT molecular complexity index is 927. The minimum atomic E-state index is -4.64. The average Bonchev–Trinajstić information content (AvgIpc) is 2.86. The van der Waals surface area contributed by atoms with Crippen molar-refractivity contribution in [2.24, 2.45) is 7.05 Å². The Balaban J connectivity index is 2.75. The van der Waals surface area contributed by atoms with Gasteiger partial charge >= 0.3 is 6.18 Å². The predicted octanol–water partition coefficient (Wildman–Crippen LogP) is 4.50. The third-order valence-electron chi connectivity index (χ3n) is 3.64. The van der Waals surface area contributed by atoms with Crippen LogP contribution in [0.4, 0.5) is 13.2 Å². The molecule has 0 N–H and O–H groups in total. The summed E-state index contributed by atoms with van der Waals surface area (Å²) in [6, 6.07) is 2.64. The number of imidazole rings is 1. The number of aromatic nitrogens is 2. The minimum absolute atomic E-state index is 0.115. The van der Waals surface area contributed by atoms with E-state index in [1.165, 1.54) is 13.1 Å². The van der Waals surface area contributed by atoms with E-state index in [1.54, 1.807) is 24.6 Å². The van der Waals surface area contributed by atoms with Gasteiger partial charge in [-0.15, -0.1) is 0 Å². The van der Waals surface area contributed by atoms with Crippen molar-refractivity contribution in [3.05, 3.63) is 40.7 Å². The van der Waals surface area contributed by atoms with Crippen LogP contribution in [0.2, 0.25) is 0 Å². The number of hydrogen-bond donors (Lipinski definition) is 0. The van der Waals surface area contributed by atoms with Crippen LogP contribution in [0.5, 0.6) is 0 Å². The van der Waals surface area contributed by atoms with Crippen LogP contribution in [-0.2, 0) is 23.1 Å². The molecular formula is C16H16ClF3N2O2S. The van der Waals surface area contributed by atoms with E-state index < -0.39 is 26.5 Å². The molecule has 0 aliphatic carbocycles. The summed E-state index contributed by atoms with van der Waals surface area (Å²) >= 11 is 5.84. The van der Waals surface area contributed by atoms with Crippen molar-refractivity contribution in [3.8, 4) is 11.4 Å². The largest absolute Gasteiger partial charge is 0.416 e. The number of halogens is 4. The number of hydrogen-bond acceptors (Lipinski definition) is 3. The van der Waals surface area contributed by atoms with Crippen molar-refractivity contribution < 1.29 is 21.6 Å². The first-order valence-electron chi connectivity index (χ1n) is 7.27. The summed E-state index contributed by atoms with van der Waals surface area (Å²) in [5.74, 6) is -0.0795. The van der Waals surface area contributed by atoms with Crippen LogP contribution in [0.15, 0.2) is 34.3 Å². The van der Waals surface area contributed by atoms with Gasteiger partial charge in [-0.2, -0.15) is 13.2 Å². The fourth-order valence-corrected chi connectivity index (χ4v) is 3.53. The fourth-order valence-electron chi connectivity index (χ4n) is 2.31. The summed E-state index contributed by atoms with van der Waals surface area (Å²) in [6.45, 7) is 3.04. The second kappa shape index (κ2) is 6.84. The van der Waals surface area contributed by atoms with Gasteiger partial charge in [-0.1, -0.05) is 18.5 Å². The van der Waals surface area contributed by atoms with Gasteiger partial charge in [-0.05, 0) is 31.2 Å². The lowest BCUT2D eigenvalue weighted by Gasteiger charge is -2.14. The Morgan fingerprint density at radius 2 is 2.00 bits per heavy atom. The first-order chi connectivity index (χ1) is 11.5. The van der Waals surface area contributed by atoms with Crippen LogP contribution in [0.1, 0.15) is 25.1 Å². The maximum absolute atomic E-state index is 13.0. The van der Waals surface area contributed by atoms with Gasteiger partial charge in [0.1, 0.15) is 5.82 Å². The van der Waals surface area contributed by atoms with E-state index in [2.05, 4.69) is 4.98 Å². The minimum Gasteiger partial charge on any atom is -0.328 e. The molecule has 0 aliphatic rings. The molecule has 0 fully saturated rings.